The Balaban J connectivity index is 1.66. The number of thiophene rings is 1. The summed E-state index contributed by atoms with van der Waals surface area (Å²) in [5.74, 6) is 0. The van der Waals surface area contributed by atoms with E-state index in [1.807, 2.05) is 18.4 Å². The standard InChI is InChI=1S/C17H23NO2S/c1-13(16-11-14-5-3-4-6-15(14)21-16)18-12-17(19-2)7-9-20-10-8-17/h3-6,11,13,18H,7-10,12H2,1-2H3/t13-/m1/s1. The number of hydrogen-bond acceptors (Lipinski definition) is 4. The molecule has 0 bridgehead atoms. The molecule has 1 aliphatic heterocycles. The SMILES string of the molecule is COC1(CN[C@H](C)c2cc3ccccc3s2)CCOCC1. The minimum Gasteiger partial charge on any atom is -0.381 e. The third kappa shape index (κ3) is 3.29. The van der Waals surface area contributed by atoms with Gasteiger partial charge in [0.15, 0.2) is 0 Å². The van der Waals surface area contributed by atoms with Gasteiger partial charge in [0.25, 0.3) is 0 Å². The lowest BCUT2D eigenvalue weighted by Gasteiger charge is -2.36. The Labute approximate surface area is 130 Å². The smallest absolute Gasteiger partial charge is 0.0846 e. The van der Waals surface area contributed by atoms with Crippen molar-refractivity contribution in [2.24, 2.45) is 0 Å². The van der Waals surface area contributed by atoms with E-state index in [4.69, 9.17) is 9.47 Å². The van der Waals surface area contributed by atoms with Crippen LogP contribution < -0.4 is 5.32 Å². The molecule has 0 saturated carbocycles. The predicted octanol–water partition coefficient (Wildman–Crippen LogP) is 3.75. The molecule has 3 nitrogen and oxygen atoms in total. The van der Waals surface area contributed by atoms with Crippen molar-refractivity contribution in [1.29, 1.82) is 0 Å². The van der Waals surface area contributed by atoms with E-state index in [1.165, 1.54) is 15.0 Å². The van der Waals surface area contributed by atoms with Crippen LogP contribution in [-0.4, -0.2) is 32.5 Å². The molecule has 21 heavy (non-hydrogen) atoms. The van der Waals surface area contributed by atoms with Crippen LogP contribution in [0, 0.1) is 0 Å². The van der Waals surface area contributed by atoms with Crippen molar-refractivity contribution >= 4 is 21.4 Å². The van der Waals surface area contributed by atoms with E-state index in [2.05, 4.69) is 42.6 Å². The highest BCUT2D eigenvalue weighted by molar-refractivity contribution is 7.19. The van der Waals surface area contributed by atoms with Gasteiger partial charge in [0.1, 0.15) is 0 Å². The normalized spacial score (nSPS) is 19.7. The monoisotopic (exact) mass is 305 g/mol. The number of benzene rings is 1. The molecule has 0 amide bonds. The molecule has 114 valence electrons. The van der Waals surface area contributed by atoms with Gasteiger partial charge < -0.3 is 14.8 Å². The van der Waals surface area contributed by atoms with Gasteiger partial charge in [-0.1, -0.05) is 18.2 Å². The first kappa shape index (κ1) is 15.0. The van der Waals surface area contributed by atoms with Crippen molar-refractivity contribution in [1.82, 2.24) is 5.32 Å². The number of methoxy groups -OCH3 is 1. The van der Waals surface area contributed by atoms with Crippen LogP contribution >= 0.6 is 11.3 Å². The quantitative estimate of drug-likeness (QED) is 0.912. The molecule has 0 unspecified atom stereocenters. The fourth-order valence-electron chi connectivity index (χ4n) is 2.85. The highest BCUT2D eigenvalue weighted by Crippen LogP contribution is 2.30. The number of ether oxygens (including phenoxy) is 2. The van der Waals surface area contributed by atoms with Gasteiger partial charge in [-0.05, 0) is 24.4 Å². The van der Waals surface area contributed by atoms with Gasteiger partial charge in [-0.3, -0.25) is 0 Å². The second-order valence-corrected chi connectivity index (χ2v) is 6.90. The molecule has 1 aromatic carbocycles. The van der Waals surface area contributed by atoms with Crippen molar-refractivity contribution in [2.75, 3.05) is 26.9 Å². The van der Waals surface area contributed by atoms with Gasteiger partial charge in [0.05, 0.1) is 5.60 Å². The summed E-state index contributed by atoms with van der Waals surface area (Å²) in [5.41, 5.74) is -0.0663. The van der Waals surface area contributed by atoms with E-state index in [1.54, 1.807) is 0 Å². The van der Waals surface area contributed by atoms with Crippen LogP contribution in [-0.2, 0) is 9.47 Å². The zero-order chi connectivity index (χ0) is 14.7. The highest BCUT2D eigenvalue weighted by Gasteiger charge is 2.32. The lowest BCUT2D eigenvalue weighted by molar-refractivity contribution is -0.0884. The fourth-order valence-corrected chi connectivity index (χ4v) is 3.94. The molecule has 1 aromatic heterocycles. The average molecular weight is 305 g/mol. The second-order valence-electron chi connectivity index (χ2n) is 5.79. The maximum atomic E-state index is 5.78. The van der Waals surface area contributed by atoms with Crippen LogP contribution in [0.25, 0.3) is 10.1 Å². The summed E-state index contributed by atoms with van der Waals surface area (Å²) in [6, 6.07) is 11.2. The predicted molar refractivity (Wildman–Crippen MR) is 88.0 cm³/mol. The molecule has 0 spiro atoms. The van der Waals surface area contributed by atoms with Crippen LogP contribution in [0.1, 0.15) is 30.7 Å². The van der Waals surface area contributed by atoms with E-state index in [0.717, 1.165) is 32.6 Å². The summed E-state index contributed by atoms with van der Waals surface area (Å²) in [7, 11) is 1.82. The molecule has 3 rings (SSSR count). The minimum absolute atomic E-state index is 0.0663. The Morgan fingerprint density at radius 1 is 1.33 bits per heavy atom. The first-order chi connectivity index (χ1) is 10.2. The molecule has 0 radical (unpaired) electrons. The fraction of sp³-hybridized carbons (Fsp3) is 0.529. The largest absolute Gasteiger partial charge is 0.381 e. The van der Waals surface area contributed by atoms with Crippen molar-refractivity contribution < 1.29 is 9.47 Å². The van der Waals surface area contributed by atoms with Crippen LogP contribution in [0.4, 0.5) is 0 Å². The van der Waals surface area contributed by atoms with E-state index in [9.17, 15) is 0 Å². The molecular formula is C17H23NO2S. The first-order valence-corrected chi connectivity index (χ1v) is 8.39. The van der Waals surface area contributed by atoms with Gasteiger partial charge in [0.2, 0.25) is 0 Å². The maximum Gasteiger partial charge on any atom is 0.0846 e. The zero-order valence-corrected chi connectivity index (χ0v) is 13.5. The third-order valence-electron chi connectivity index (χ3n) is 4.44. The van der Waals surface area contributed by atoms with Crippen molar-refractivity contribution in [2.45, 2.75) is 31.4 Å². The van der Waals surface area contributed by atoms with E-state index in [0.29, 0.717) is 6.04 Å². The first-order valence-electron chi connectivity index (χ1n) is 7.57. The van der Waals surface area contributed by atoms with Crippen molar-refractivity contribution in [3.05, 3.63) is 35.2 Å². The van der Waals surface area contributed by atoms with Gasteiger partial charge in [-0.25, -0.2) is 0 Å². The maximum absolute atomic E-state index is 5.78. The number of fused-ring (bicyclic) bond motifs is 1. The highest BCUT2D eigenvalue weighted by atomic mass is 32.1. The molecule has 1 atom stereocenters. The molecular weight excluding hydrogens is 282 g/mol. The third-order valence-corrected chi connectivity index (χ3v) is 5.74. The Bertz CT molecular complexity index is 556. The van der Waals surface area contributed by atoms with Crippen LogP contribution in [0.3, 0.4) is 0 Å². The van der Waals surface area contributed by atoms with Gasteiger partial charge in [-0.2, -0.15) is 0 Å². The Kier molecular flexibility index (Phi) is 4.60. The van der Waals surface area contributed by atoms with E-state index >= 15 is 0 Å². The van der Waals surface area contributed by atoms with E-state index in [-0.39, 0.29) is 5.60 Å². The zero-order valence-electron chi connectivity index (χ0n) is 12.7. The summed E-state index contributed by atoms with van der Waals surface area (Å²) >= 11 is 1.87. The molecule has 1 N–H and O–H groups in total. The molecule has 1 aliphatic rings. The average Bonchev–Trinajstić information content (AvgIpc) is 2.97. The molecule has 1 fully saturated rings. The van der Waals surface area contributed by atoms with Crippen LogP contribution in [0.5, 0.6) is 0 Å². The van der Waals surface area contributed by atoms with Crippen LogP contribution in [0.15, 0.2) is 30.3 Å². The Morgan fingerprint density at radius 2 is 2.10 bits per heavy atom. The summed E-state index contributed by atoms with van der Waals surface area (Å²) in [6.45, 7) is 4.70. The van der Waals surface area contributed by atoms with Gasteiger partial charge in [-0.15, -0.1) is 11.3 Å². The number of hydrogen-bond donors (Lipinski definition) is 1. The topological polar surface area (TPSA) is 30.5 Å². The molecule has 4 heteroatoms. The second kappa shape index (κ2) is 6.44. The molecule has 2 heterocycles. The van der Waals surface area contributed by atoms with Gasteiger partial charge >= 0.3 is 0 Å². The molecule has 2 aromatic rings. The minimum atomic E-state index is -0.0663. The lowest BCUT2D eigenvalue weighted by Crippen LogP contribution is -2.47. The molecule has 0 aliphatic carbocycles. The number of rotatable bonds is 5. The van der Waals surface area contributed by atoms with Crippen molar-refractivity contribution in [3.8, 4) is 0 Å². The Morgan fingerprint density at radius 3 is 2.81 bits per heavy atom. The summed E-state index contributed by atoms with van der Waals surface area (Å²) in [4.78, 5) is 1.38. The van der Waals surface area contributed by atoms with Crippen LogP contribution in [0.2, 0.25) is 0 Å². The number of nitrogens with one attached hydrogen (secondary N) is 1. The van der Waals surface area contributed by atoms with Crippen molar-refractivity contribution in [3.63, 3.8) is 0 Å². The summed E-state index contributed by atoms with van der Waals surface area (Å²) in [5, 5.41) is 4.98. The summed E-state index contributed by atoms with van der Waals surface area (Å²) in [6.07, 6.45) is 1.94. The Hall–Kier alpha value is -0.940. The van der Waals surface area contributed by atoms with E-state index < -0.39 is 0 Å². The molecule has 1 saturated heterocycles. The summed E-state index contributed by atoms with van der Waals surface area (Å²) < 4.78 is 12.6. The van der Waals surface area contributed by atoms with Gasteiger partial charge in [0, 0.05) is 55.3 Å². The lowest BCUT2D eigenvalue weighted by atomic mass is 9.93.